The topological polar surface area (TPSA) is 89.0 Å². The largest absolute Gasteiger partial charge is 0.361 e. The van der Waals surface area contributed by atoms with Gasteiger partial charge in [-0.1, -0.05) is 0 Å². The molecule has 0 aliphatic rings. The van der Waals surface area contributed by atoms with Gasteiger partial charge in [0, 0.05) is 14.2 Å². The van der Waals surface area contributed by atoms with Gasteiger partial charge in [0.05, 0.1) is 0 Å². The number of nitrogens with zero attached hydrogens (tertiary/aromatic N) is 2. The molecule has 0 saturated carbocycles. The zero-order chi connectivity index (χ0) is 9.61. The Kier molecular flexibility index (Phi) is 4.62. The van der Waals surface area contributed by atoms with Crippen LogP contribution >= 0.6 is 7.60 Å². The first-order valence-corrected chi connectivity index (χ1v) is 4.71. The molecule has 0 fully saturated rings. The van der Waals surface area contributed by atoms with Gasteiger partial charge in [-0.2, -0.15) is 4.79 Å². The molecule has 0 bridgehead atoms. The van der Waals surface area contributed by atoms with E-state index in [-0.39, 0.29) is 0 Å². The minimum absolute atomic E-state index is 0.427. The molecule has 0 saturated heterocycles. The highest BCUT2D eigenvalue weighted by Gasteiger charge is 2.25. The molecule has 0 N–H and O–H groups in total. The molecule has 0 radical (unpaired) electrons. The van der Waals surface area contributed by atoms with Crippen LogP contribution in [0.25, 0.3) is 5.53 Å². The van der Waals surface area contributed by atoms with Crippen molar-refractivity contribution in [3.05, 3.63) is 5.53 Å². The van der Waals surface area contributed by atoms with Crippen LogP contribution in [0.4, 0.5) is 0 Å². The van der Waals surface area contributed by atoms with E-state index < -0.39 is 19.5 Å². The van der Waals surface area contributed by atoms with Crippen molar-refractivity contribution in [3.63, 3.8) is 0 Å². The lowest BCUT2D eigenvalue weighted by Gasteiger charge is -2.09. The second-order valence-corrected chi connectivity index (χ2v) is 4.11. The fourth-order valence-electron chi connectivity index (χ4n) is 0.500. The molecule has 0 aromatic rings. The zero-order valence-electron chi connectivity index (χ0n) is 6.76. The Morgan fingerprint density at radius 1 is 1.58 bits per heavy atom. The van der Waals surface area contributed by atoms with Crippen molar-refractivity contribution in [2.24, 2.45) is 0 Å². The molecular weight excluding hydrogens is 183 g/mol. The van der Waals surface area contributed by atoms with Crippen molar-refractivity contribution in [2.45, 2.75) is 0 Å². The fraction of sp³-hybridized carbons (Fsp3) is 0.600. The van der Waals surface area contributed by atoms with Crippen LogP contribution in [0.5, 0.6) is 0 Å². The number of rotatable bonds is 5. The van der Waals surface area contributed by atoms with Gasteiger partial charge in [0.25, 0.3) is 0 Å². The van der Waals surface area contributed by atoms with Crippen LogP contribution in [0.2, 0.25) is 0 Å². The second kappa shape index (κ2) is 4.95. The number of ketones is 1. The Labute approximate surface area is 69.6 Å². The lowest BCUT2D eigenvalue weighted by Crippen LogP contribution is -2.09. The van der Waals surface area contributed by atoms with E-state index in [1.807, 2.05) is 0 Å². The quantitative estimate of drug-likeness (QED) is 0.272. The van der Waals surface area contributed by atoms with Crippen LogP contribution in [0, 0.1) is 0 Å². The van der Waals surface area contributed by atoms with Crippen molar-refractivity contribution in [3.8, 4) is 0 Å². The SMILES string of the molecule is COP(=O)(CC(=O)C=[N+]=[N-])OC. The maximum atomic E-state index is 11.2. The summed E-state index contributed by atoms with van der Waals surface area (Å²) in [7, 11) is -0.970. The van der Waals surface area contributed by atoms with Gasteiger partial charge in [-0.25, -0.2) is 0 Å². The third-order valence-corrected chi connectivity index (χ3v) is 2.92. The molecule has 7 heteroatoms. The average Bonchev–Trinajstić information content (AvgIpc) is 2.05. The average molecular weight is 192 g/mol. The summed E-state index contributed by atoms with van der Waals surface area (Å²) < 4.78 is 20.2. The van der Waals surface area contributed by atoms with Crippen molar-refractivity contribution in [1.82, 2.24) is 0 Å². The van der Waals surface area contributed by atoms with Crippen LogP contribution < -0.4 is 0 Å². The Bertz CT molecular complexity index is 250. The van der Waals surface area contributed by atoms with Crippen LogP contribution in [-0.4, -0.2) is 37.2 Å². The van der Waals surface area contributed by atoms with Gasteiger partial charge in [0.15, 0.2) is 0 Å². The standard InChI is InChI=1S/C5H9N2O4P/c1-10-12(9,11-2)4-5(8)3-7-6/h3H,4H2,1-2H3. The molecule has 0 aromatic carbocycles. The molecule has 12 heavy (non-hydrogen) atoms. The number of Topliss-reactive ketones (excluding diaryl/α,β-unsaturated/α-hetero) is 1. The fourth-order valence-corrected chi connectivity index (χ4v) is 1.37. The summed E-state index contributed by atoms with van der Waals surface area (Å²) in [4.78, 5) is 13.2. The van der Waals surface area contributed by atoms with E-state index in [9.17, 15) is 9.36 Å². The highest BCUT2D eigenvalue weighted by atomic mass is 31.2. The second-order valence-electron chi connectivity index (χ2n) is 1.85. The van der Waals surface area contributed by atoms with Gasteiger partial charge in [0.2, 0.25) is 5.78 Å². The molecule has 0 aliphatic carbocycles. The van der Waals surface area contributed by atoms with Crippen molar-refractivity contribution in [1.29, 1.82) is 0 Å². The molecule has 68 valence electrons. The molecule has 0 amide bonds. The van der Waals surface area contributed by atoms with Gasteiger partial charge in [-0.3, -0.25) is 9.36 Å². The predicted octanol–water partition coefficient (Wildman–Crippen LogP) is 0.342. The normalized spacial score (nSPS) is 10.5. The number of carbonyl (C=O) groups is 1. The predicted molar refractivity (Wildman–Crippen MR) is 41.2 cm³/mol. The molecule has 0 spiro atoms. The first kappa shape index (κ1) is 11.2. The Hall–Kier alpha value is -0.800. The van der Waals surface area contributed by atoms with Crippen LogP contribution in [0.15, 0.2) is 0 Å². The minimum atomic E-state index is -3.32. The molecule has 0 aromatic heterocycles. The Balaban J connectivity index is 4.31. The van der Waals surface area contributed by atoms with Crippen LogP contribution in [0.1, 0.15) is 0 Å². The molecular formula is C5H9N2O4P. The van der Waals surface area contributed by atoms with E-state index >= 15 is 0 Å². The summed E-state index contributed by atoms with van der Waals surface area (Å²) in [6.07, 6.45) is 0.217. The number of carbonyl (C=O) groups excluding carboxylic acids is 1. The first-order chi connectivity index (χ1) is 5.58. The van der Waals surface area contributed by atoms with E-state index in [0.717, 1.165) is 0 Å². The Morgan fingerprint density at radius 2 is 2.08 bits per heavy atom. The molecule has 6 nitrogen and oxygen atoms in total. The third kappa shape index (κ3) is 3.55. The van der Waals surface area contributed by atoms with Gasteiger partial charge in [-0.05, 0) is 0 Å². The van der Waals surface area contributed by atoms with Gasteiger partial charge in [0.1, 0.15) is 6.16 Å². The van der Waals surface area contributed by atoms with E-state index in [0.29, 0.717) is 6.21 Å². The smallest absolute Gasteiger partial charge is 0.338 e. The maximum absolute atomic E-state index is 11.2. The van der Waals surface area contributed by atoms with E-state index in [1.165, 1.54) is 14.2 Å². The van der Waals surface area contributed by atoms with E-state index in [1.54, 1.807) is 0 Å². The zero-order valence-corrected chi connectivity index (χ0v) is 7.65. The Morgan fingerprint density at radius 3 is 2.42 bits per heavy atom. The van der Waals surface area contributed by atoms with Gasteiger partial charge in [-0.15, -0.1) is 0 Å². The summed E-state index contributed by atoms with van der Waals surface area (Å²) in [6, 6.07) is 0. The van der Waals surface area contributed by atoms with Gasteiger partial charge < -0.3 is 14.6 Å². The molecule has 0 heterocycles. The number of hydrogen-bond donors (Lipinski definition) is 0. The minimum Gasteiger partial charge on any atom is -0.361 e. The molecule has 0 unspecified atom stereocenters. The van der Waals surface area contributed by atoms with Crippen LogP contribution in [0.3, 0.4) is 0 Å². The third-order valence-electron chi connectivity index (χ3n) is 1.11. The summed E-state index contributed by atoms with van der Waals surface area (Å²) in [5, 5.41) is 0. The summed E-state index contributed by atoms with van der Waals surface area (Å²) >= 11 is 0. The summed E-state index contributed by atoms with van der Waals surface area (Å²) in [5.74, 6) is -0.621. The monoisotopic (exact) mass is 192 g/mol. The highest BCUT2D eigenvalue weighted by molar-refractivity contribution is 7.55. The molecule has 0 atom stereocenters. The van der Waals surface area contributed by atoms with E-state index in [2.05, 4.69) is 13.8 Å². The first-order valence-electron chi connectivity index (χ1n) is 2.98. The lowest BCUT2D eigenvalue weighted by molar-refractivity contribution is -0.114. The highest BCUT2D eigenvalue weighted by Crippen LogP contribution is 2.45. The number of hydrogen-bond acceptors (Lipinski definition) is 4. The van der Waals surface area contributed by atoms with E-state index in [4.69, 9.17) is 5.53 Å². The maximum Gasteiger partial charge on any atom is 0.338 e. The van der Waals surface area contributed by atoms with Crippen molar-refractivity contribution < 1.29 is 23.2 Å². The molecule has 0 rings (SSSR count). The van der Waals surface area contributed by atoms with Crippen molar-refractivity contribution >= 4 is 19.6 Å². The summed E-state index contributed by atoms with van der Waals surface area (Å²) in [5.41, 5.74) is 7.96. The lowest BCUT2D eigenvalue weighted by atomic mass is 10.5. The summed E-state index contributed by atoms with van der Waals surface area (Å²) in [6.45, 7) is 0. The van der Waals surface area contributed by atoms with Crippen molar-refractivity contribution in [2.75, 3.05) is 20.4 Å². The molecule has 0 aliphatic heterocycles. The van der Waals surface area contributed by atoms with Gasteiger partial charge >= 0.3 is 13.8 Å². The van der Waals surface area contributed by atoms with Crippen LogP contribution in [-0.2, 0) is 18.4 Å².